The average molecular weight is 189 g/mol. The fourth-order valence-electron chi connectivity index (χ4n) is 2.58. The molecule has 0 unspecified atom stereocenters. The van der Waals surface area contributed by atoms with Crippen LogP contribution in [0.3, 0.4) is 0 Å². The maximum absolute atomic E-state index is 5.88. The van der Waals surface area contributed by atoms with Crippen LogP contribution >= 0.6 is 0 Å². The van der Waals surface area contributed by atoms with E-state index in [2.05, 4.69) is 35.6 Å². The van der Waals surface area contributed by atoms with Crippen molar-refractivity contribution in [3.8, 4) is 0 Å². The van der Waals surface area contributed by atoms with Crippen molar-refractivity contribution < 1.29 is 4.74 Å². The Hall–Kier alpha value is -0.860. The highest BCUT2D eigenvalue weighted by atomic mass is 16.5. The fourth-order valence-corrected chi connectivity index (χ4v) is 2.58. The van der Waals surface area contributed by atoms with Gasteiger partial charge in [-0.1, -0.05) is 30.3 Å². The van der Waals surface area contributed by atoms with E-state index >= 15 is 0 Å². The minimum atomic E-state index is 0.103. The molecule has 74 valence electrons. The third kappa shape index (κ3) is 1.35. The van der Waals surface area contributed by atoms with Crippen LogP contribution < -0.4 is 5.32 Å². The van der Waals surface area contributed by atoms with Gasteiger partial charge in [0, 0.05) is 19.0 Å². The molecule has 2 bridgehead atoms. The molecule has 2 aliphatic rings. The standard InChI is InChI=1S/C12H15NO/c1-2-4-10(5-3-1)6-12-7-11(8-14-12)13-9-12/h1-5,11,13H,6-9H2/t11-,12-/m0/s1. The summed E-state index contributed by atoms with van der Waals surface area (Å²) >= 11 is 0. The van der Waals surface area contributed by atoms with Crippen LogP contribution in [-0.4, -0.2) is 24.8 Å². The van der Waals surface area contributed by atoms with Gasteiger partial charge >= 0.3 is 0 Å². The zero-order valence-electron chi connectivity index (χ0n) is 8.20. The predicted octanol–water partition coefficient (Wildman–Crippen LogP) is 1.36. The van der Waals surface area contributed by atoms with Gasteiger partial charge in [-0.25, -0.2) is 0 Å². The maximum Gasteiger partial charge on any atom is 0.0862 e. The summed E-state index contributed by atoms with van der Waals surface area (Å²) in [6.07, 6.45) is 2.24. The Morgan fingerprint density at radius 3 is 2.79 bits per heavy atom. The lowest BCUT2D eigenvalue weighted by molar-refractivity contribution is -0.00521. The van der Waals surface area contributed by atoms with Gasteiger partial charge in [0.05, 0.1) is 12.2 Å². The fraction of sp³-hybridized carbons (Fsp3) is 0.500. The van der Waals surface area contributed by atoms with Crippen molar-refractivity contribution in [1.29, 1.82) is 0 Å². The average Bonchev–Trinajstić information content (AvgIpc) is 2.78. The Morgan fingerprint density at radius 1 is 1.36 bits per heavy atom. The summed E-state index contributed by atoms with van der Waals surface area (Å²) in [5.74, 6) is 0. The van der Waals surface area contributed by atoms with E-state index < -0.39 is 0 Å². The number of hydrogen-bond donors (Lipinski definition) is 1. The molecule has 2 fully saturated rings. The van der Waals surface area contributed by atoms with E-state index in [-0.39, 0.29) is 5.60 Å². The first kappa shape index (κ1) is 8.45. The summed E-state index contributed by atoms with van der Waals surface area (Å²) in [4.78, 5) is 0. The van der Waals surface area contributed by atoms with Gasteiger partial charge in [0.15, 0.2) is 0 Å². The molecule has 0 amide bonds. The van der Waals surface area contributed by atoms with Crippen LogP contribution in [0.15, 0.2) is 30.3 Å². The van der Waals surface area contributed by atoms with Gasteiger partial charge in [0.1, 0.15) is 0 Å². The zero-order valence-corrected chi connectivity index (χ0v) is 8.20. The van der Waals surface area contributed by atoms with Crippen LogP contribution in [0.25, 0.3) is 0 Å². The lowest BCUT2D eigenvalue weighted by Gasteiger charge is -2.26. The van der Waals surface area contributed by atoms with Crippen molar-refractivity contribution >= 4 is 0 Å². The molecule has 0 aromatic heterocycles. The molecule has 2 heterocycles. The van der Waals surface area contributed by atoms with E-state index in [0.29, 0.717) is 6.04 Å². The van der Waals surface area contributed by atoms with Gasteiger partial charge < -0.3 is 10.1 Å². The molecule has 2 heteroatoms. The molecule has 2 aliphatic heterocycles. The van der Waals surface area contributed by atoms with Crippen LogP contribution in [0, 0.1) is 0 Å². The second kappa shape index (κ2) is 3.07. The Bertz CT molecular complexity index is 314. The minimum Gasteiger partial charge on any atom is -0.372 e. The van der Waals surface area contributed by atoms with E-state index in [4.69, 9.17) is 4.74 Å². The Labute approximate surface area is 84.3 Å². The molecule has 2 atom stereocenters. The minimum absolute atomic E-state index is 0.103. The third-order valence-electron chi connectivity index (χ3n) is 3.29. The second-order valence-corrected chi connectivity index (χ2v) is 4.44. The van der Waals surface area contributed by atoms with E-state index in [1.54, 1.807) is 0 Å². The Kier molecular flexibility index (Phi) is 1.85. The number of ether oxygens (including phenoxy) is 1. The van der Waals surface area contributed by atoms with Crippen molar-refractivity contribution in [2.24, 2.45) is 0 Å². The van der Waals surface area contributed by atoms with Gasteiger partial charge in [0.25, 0.3) is 0 Å². The summed E-state index contributed by atoms with van der Waals surface area (Å²) in [6.45, 7) is 1.92. The molecule has 3 rings (SSSR count). The molecular formula is C12H15NO. The molecule has 1 aromatic rings. The molecule has 0 spiro atoms. The first-order valence-corrected chi connectivity index (χ1v) is 5.28. The number of fused-ring (bicyclic) bond motifs is 2. The highest BCUT2D eigenvalue weighted by molar-refractivity contribution is 5.19. The maximum atomic E-state index is 5.88. The predicted molar refractivity (Wildman–Crippen MR) is 55.2 cm³/mol. The topological polar surface area (TPSA) is 21.3 Å². The number of rotatable bonds is 2. The molecule has 0 aliphatic carbocycles. The SMILES string of the molecule is c1ccc(C[C@]23CN[C@H](CO2)C3)cc1. The Balaban J connectivity index is 1.78. The van der Waals surface area contributed by atoms with Crippen LogP contribution in [0.1, 0.15) is 12.0 Å². The molecule has 14 heavy (non-hydrogen) atoms. The lowest BCUT2D eigenvalue weighted by Crippen LogP contribution is -2.40. The van der Waals surface area contributed by atoms with Crippen LogP contribution in [0.5, 0.6) is 0 Å². The van der Waals surface area contributed by atoms with Crippen LogP contribution in [-0.2, 0) is 11.2 Å². The van der Waals surface area contributed by atoms with Gasteiger partial charge in [0.2, 0.25) is 0 Å². The van der Waals surface area contributed by atoms with Crippen LogP contribution in [0.4, 0.5) is 0 Å². The number of morpholine rings is 1. The van der Waals surface area contributed by atoms with E-state index in [0.717, 1.165) is 19.6 Å². The lowest BCUT2D eigenvalue weighted by atomic mass is 9.94. The summed E-state index contributed by atoms with van der Waals surface area (Å²) in [7, 11) is 0. The molecular weight excluding hydrogens is 174 g/mol. The molecule has 0 radical (unpaired) electrons. The first-order chi connectivity index (χ1) is 6.86. The van der Waals surface area contributed by atoms with Gasteiger partial charge in [-0.05, 0) is 12.0 Å². The second-order valence-electron chi connectivity index (χ2n) is 4.44. The quantitative estimate of drug-likeness (QED) is 0.758. The van der Waals surface area contributed by atoms with E-state index in [1.165, 1.54) is 12.0 Å². The summed E-state index contributed by atoms with van der Waals surface area (Å²) in [6, 6.07) is 11.2. The summed E-state index contributed by atoms with van der Waals surface area (Å²) < 4.78 is 5.88. The first-order valence-electron chi connectivity index (χ1n) is 5.28. The van der Waals surface area contributed by atoms with E-state index in [9.17, 15) is 0 Å². The summed E-state index contributed by atoms with van der Waals surface area (Å²) in [5, 5.41) is 3.49. The van der Waals surface area contributed by atoms with Gasteiger partial charge in [-0.2, -0.15) is 0 Å². The van der Waals surface area contributed by atoms with Gasteiger partial charge in [-0.15, -0.1) is 0 Å². The van der Waals surface area contributed by atoms with Crippen molar-refractivity contribution in [3.63, 3.8) is 0 Å². The molecule has 2 saturated heterocycles. The largest absolute Gasteiger partial charge is 0.372 e. The Morgan fingerprint density at radius 2 is 2.21 bits per heavy atom. The number of benzene rings is 1. The van der Waals surface area contributed by atoms with Crippen molar-refractivity contribution in [2.75, 3.05) is 13.2 Å². The number of hydrogen-bond acceptors (Lipinski definition) is 2. The highest BCUT2D eigenvalue weighted by Gasteiger charge is 2.45. The normalized spacial score (nSPS) is 35.0. The van der Waals surface area contributed by atoms with Crippen molar-refractivity contribution in [1.82, 2.24) is 5.32 Å². The molecule has 1 aromatic carbocycles. The third-order valence-corrected chi connectivity index (χ3v) is 3.29. The zero-order chi connectivity index (χ0) is 9.43. The molecule has 2 nitrogen and oxygen atoms in total. The smallest absolute Gasteiger partial charge is 0.0862 e. The monoisotopic (exact) mass is 189 g/mol. The summed E-state index contributed by atoms with van der Waals surface area (Å²) in [5.41, 5.74) is 1.49. The van der Waals surface area contributed by atoms with E-state index in [1.807, 2.05) is 0 Å². The highest BCUT2D eigenvalue weighted by Crippen LogP contribution is 2.34. The van der Waals surface area contributed by atoms with Gasteiger partial charge in [-0.3, -0.25) is 0 Å². The molecule has 1 N–H and O–H groups in total. The van der Waals surface area contributed by atoms with Crippen molar-refractivity contribution in [2.45, 2.75) is 24.5 Å². The molecule has 0 saturated carbocycles. The van der Waals surface area contributed by atoms with Crippen molar-refractivity contribution in [3.05, 3.63) is 35.9 Å². The number of nitrogens with one attached hydrogen (secondary N) is 1. The van der Waals surface area contributed by atoms with Crippen LogP contribution in [0.2, 0.25) is 0 Å².